The van der Waals surface area contributed by atoms with Gasteiger partial charge in [-0.1, -0.05) is 13.8 Å². The molecule has 0 radical (unpaired) electrons. The number of carboxylic acid groups (broad SMARTS) is 1. The minimum Gasteiger partial charge on any atom is -0.480 e. The molecule has 0 rings (SSSR count). The van der Waals surface area contributed by atoms with Gasteiger partial charge in [-0.2, -0.15) is 0 Å². The summed E-state index contributed by atoms with van der Waals surface area (Å²) in [6.45, 7) is 3.64. The van der Waals surface area contributed by atoms with Gasteiger partial charge in [0, 0.05) is 6.26 Å². The summed E-state index contributed by atoms with van der Waals surface area (Å²) >= 11 is 0. The molecule has 94 valence electrons. The van der Waals surface area contributed by atoms with Crippen LogP contribution in [-0.4, -0.2) is 43.5 Å². The lowest BCUT2D eigenvalue weighted by atomic mass is 10.0. The van der Waals surface area contributed by atoms with Crippen LogP contribution in [0.15, 0.2) is 0 Å². The molecule has 0 spiro atoms. The van der Waals surface area contributed by atoms with Gasteiger partial charge in [0.05, 0.1) is 0 Å². The molecule has 0 aliphatic rings. The minimum absolute atomic E-state index is 0.0969. The highest BCUT2D eigenvalue weighted by Gasteiger charge is 2.22. The molecule has 1 amide bonds. The number of rotatable bonds is 6. The standard InChI is InChI=1S/C9H17NO5S/c1-6(2)4-7(9(12)13)10-8(11)5-16(3,14)15/h6-7H,4-5H2,1-3H3,(H,10,11)(H,12,13)/t7-/m0/s1. The smallest absolute Gasteiger partial charge is 0.326 e. The van der Waals surface area contributed by atoms with Crippen molar-refractivity contribution >= 4 is 21.7 Å². The molecule has 2 N–H and O–H groups in total. The van der Waals surface area contributed by atoms with Gasteiger partial charge in [-0.3, -0.25) is 4.79 Å². The average molecular weight is 251 g/mol. The quantitative estimate of drug-likeness (QED) is 0.671. The maximum Gasteiger partial charge on any atom is 0.326 e. The number of sulfone groups is 1. The van der Waals surface area contributed by atoms with Gasteiger partial charge < -0.3 is 10.4 Å². The van der Waals surface area contributed by atoms with Crippen LogP contribution >= 0.6 is 0 Å². The molecule has 0 fully saturated rings. The van der Waals surface area contributed by atoms with Crippen molar-refractivity contribution in [3.05, 3.63) is 0 Å². The molecule has 0 aliphatic carbocycles. The van der Waals surface area contributed by atoms with Crippen molar-refractivity contribution in [2.75, 3.05) is 12.0 Å². The summed E-state index contributed by atoms with van der Waals surface area (Å²) in [6.07, 6.45) is 1.19. The number of nitrogens with one attached hydrogen (secondary N) is 1. The predicted molar refractivity (Wildman–Crippen MR) is 58.7 cm³/mol. The second kappa shape index (κ2) is 5.83. The van der Waals surface area contributed by atoms with E-state index >= 15 is 0 Å². The van der Waals surface area contributed by atoms with Crippen molar-refractivity contribution in [1.82, 2.24) is 5.32 Å². The Kier molecular flexibility index (Phi) is 5.43. The molecule has 0 bridgehead atoms. The van der Waals surface area contributed by atoms with Crippen molar-refractivity contribution in [3.8, 4) is 0 Å². The fourth-order valence-electron chi connectivity index (χ4n) is 1.17. The van der Waals surface area contributed by atoms with Gasteiger partial charge in [-0.25, -0.2) is 13.2 Å². The van der Waals surface area contributed by atoms with Crippen LogP contribution in [0.25, 0.3) is 0 Å². The topological polar surface area (TPSA) is 101 Å². The van der Waals surface area contributed by atoms with Crippen LogP contribution < -0.4 is 5.32 Å². The third kappa shape index (κ3) is 7.22. The summed E-state index contributed by atoms with van der Waals surface area (Å²) < 4.78 is 21.6. The minimum atomic E-state index is -3.43. The summed E-state index contributed by atoms with van der Waals surface area (Å²) in [6, 6.07) is -1.03. The molecule has 6 nitrogen and oxygen atoms in total. The molecule has 1 atom stereocenters. The summed E-state index contributed by atoms with van der Waals surface area (Å²) in [4.78, 5) is 22.0. The fraction of sp³-hybridized carbons (Fsp3) is 0.778. The summed E-state index contributed by atoms with van der Waals surface area (Å²) in [5.74, 6) is -2.53. The number of carboxylic acids is 1. The van der Waals surface area contributed by atoms with E-state index in [4.69, 9.17) is 5.11 Å². The summed E-state index contributed by atoms with van der Waals surface area (Å²) in [5, 5.41) is 11.0. The van der Waals surface area contributed by atoms with E-state index in [0.29, 0.717) is 0 Å². The SMILES string of the molecule is CC(C)C[C@H](NC(=O)CS(C)(=O)=O)C(=O)O. The van der Waals surface area contributed by atoms with E-state index in [0.717, 1.165) is 6.26 Å². The molecule has 0 aromatic rings. The monoisotopic (exact) mass is 251 g/mol. The van der Waals surface area contributed by atoms with Gasteiger partial charge in [0.25, 0.3) is 0 Å². The molecule has 7 heteroatoms. The number of aliphatic carboxylic acids is 1. The number of amides is 1. The Morgan fingerprint density at radius 1 is 1.31 bits per heavy atom. The van der Waals surface area contributed by atoms with E-state index in [9.17, 15) is 18.0 Å². The maximum absolute atomic E-state index is 11.2. The molecule has 0 unspecified atom stereocenters. The molecule has 0 saturated heterocycles. The largest absolute Gasteiger partial charge is 0.480 e. The van der Waals surface area contributed by atoms with Crippen molar-refractivity contribution in [2.24, 2.45) is 5.92 Å². The van der Waals surface area contributed by atoms with Crippen LogP contribution in [0, 0.1) is 5.92 Å². The fourth-order valence-corrected chi connectivity index (χ4v) is 1.73. The predicted octanol–water partition coefficient (Wildman–Crippen LogP) is -0.353. The first kappa shape index (κ1) is 14.9. The van der Waals surface area contributed by atoms with Crippen molar-refractivity contribution < 1.29 is 23.1 Å². The van der Waals surface area contributed by atoms with Crippen LogP contribution in [0.2, 0.25) is 0 Å². The van der Waals surface area contributed by atoms with Gasteiger partial charge in [-0.15, -0.1) is 0 Å². The second-order valence-electron chi connectivity index (χ2n) is 4.16. The molecular weight excluding hydrogens is 234 g/mol. The van der Waals surface area contributed by atoms with E-state index in [1.54, 1.807) is 0 Å². The highest BCUT2D eigenvalue weighted by atomic mass is 32.2. The Morgan fingerprint density at radius 3 is 2.12 bits per heavy atom. The molecule has 0 aromatic heterocycles. The highest BCUT2D eigenvalue weighted by Crippen LogP contribution is 2.04. The van der Waals surface area contributed by atoms with Crippen LogP contribution in [0.1, 0.15) is 20.3 Å². The van der Waals surface area contributed by atoms with Crippen LogP contribution in [0.5, 0.6) is 0 Å². The third-order valence-corrected chi connectivity index (χ3v) is 2.52. The summed E-state index contributed by atoms with van der Waals surface area (Å²) in [5.41, 5.74) is 0. The lowest BCUT2D eigenvalue weighted by molar-refractivity contribution is -0.141. The van der Waals surface area contributed by atoms with Gasteiger partial charge in [-0.05, 0) is 12.3 Å². The van der Waals surface area contributed by atoms with E-state index in [-0.39, 0.29) is 12.3 Å². The van der Waals surface area contributed by atoms with Crippen molar-refractivity contribution in [1.29, 1.82) is 0 Å². The lowest BCUT2D eigenvalue weighted by Gasteiger charge is -2.15. The van der Waals surface area contributed by atoms with Crippen molar-refractivity contribution in [3.63, 3.8) is 0 Å². The zero-order valence-electron chi connectivity index (χ0n) is 9.56. The zero-order valence-corrected chi connectivity index (χ0v) is 10.4. The van der Waals surface area contributed by atoms with Gasteiger partial charge in [0.1, 0.15) is 11.8 Å². The first-order valence-electron chi connectivity index (χ1n) is 4.81. The van der Waals surface area contributed by atoms with Crippen LogP contribution in [-0.2, 0) is 19.4 Å². The van der Waals surface area contributed by atoms with E-state index in [2.05, 4.69) is 5.32 Å². The Labute approximate surface area is 95.0 Å². The lowest BCUT2D eigenvalue weighted by Crippen LogP contribution is -2.43. The third-order valence-electron chi connectivity index (χ3n) is 1.73. The van der Waals surface area contributed by atoms with E-state index in [1.807, 2.05) is 13.8 Å². The second-order valence-corrected chi connectivity index (χ2v) is 6.30. The Balaban J connectivity index is 4.41. The molecule has 0 aromatic carbocycles. The molecule has 16 heavy (non-hydrogen) atoms. The first-order chi connectivity index (χ1) is 7.11. The normalized spacial score (nSPS) is 13.5. The van der Waals surface area contributed by atoms with Gasteiger partial charge in [0.2, 0.25) is 5.91 Å². The Hall–Kier alpha value is -1.11. The van der Waals surface area contributed by atoms with E-state index in [1.165, 1.54) is 0 Å². The average Bonchev–Trinajstić information content (AvgIpc) is 1.97. The van der Waals surface area contributed by atoms with Gasteiger partial charge >= 0.3 is 5.97 Å². The van der Waals surface area contributed by atoms with Crippen LogP contribution in [0.3, 0.4) is 0 Å². The highest BCUT2D eigenvalue weighted by molar-refractivity contribution is 7.91. The maximum atomic E-state index is 11.2. The Morgan fingerprint density at radius 2 is 1.81 bits per heavy atom. The zero-order chi connectivity index (χ0) is 12.9. The Bertz CT molecular complexity index is 360. The number of hydrogen-bond donors (Lipinski definition) is 2. The first-order valence-corrected chi connectivity index (χ1v) is 6.87. The van der Waals surface area contributed by atoms with E-state index < -0.39 is 33.5 Å². The summed E-state index contributed by atoms with van der Waals surface area (Å²) in [7, 11) is -3.43. The molecule has 0 heterocycles. The molecular formula is C9H17NO5S. The number of carbonyl (C=O) groups is 2. The van der Waals surface area contributed by atoms with Crippen molar-refractivity contribution in [2.45, 2.75) is 26.3 Å². The number of carbonyl (C=O) groups excluding carboxylic acids is 1. The number of hydrogen-bond acceptors (Lipinski definition) is 4. The molecule has 0 aliphatic heterocycles. The van der Waals surface area contributed by atoms with Gasteiger partial charge in [0.15, 0.2) is 9.84 Å². The molecule has 0 saturated carbocycles. The van der Waals surface area contributed by atoms with Crippen LogP contribution in [0.4, 0.5) is 0 Å².